The van der Waals surface area contributed by atoms with E-state index in [1.165, 1.54) is 5.56 Å². The second-order valence-corrected chi connectivity index (χ2v) is 8.00. The van der Waals surface area contributed by atoms with E-state index >= 15 is 0 Å². The van der Waals surface area contributed by atoms with Gasteiger partial charge in [0.2, 0.25) is 0 Å². The predicted octanol–water partition coefficient (Wildman–Crippen LogP) is 4.45. The summed E-state index contributed by atoms with van der Waals surface area (Å²) in [6.07, 6.45) is 2.07. The molecule has 7 heteroatoms. The first-order chi connectivity index (χ1) is 12.4. The van der Waals surface area contributed by atoms with Crippen LogP contribution in [-0.2, 0) is 17.7 Å². The third-order valence-corrected chi connectivity index (χ3v) is 5.69. The van der Waals surface area contributed by atoms with Crippen LogP contribution in [0.5, 0.6) is 0 Å². The molecular weight excluding hydrogens is 406 g/mol. The van der Waals surface area contributed by atoms with Gasteiger partial charge >= 0.3 is 6.09 Å². The van der Waals surface area contributed by atoms with Crippen molar-refractivity contribution in [1.29, 1.82) is 0 Å². The first-order valence-corrected chi connectivity index (χ1v) is 10.0. The van der Waals surface area contributed by atoms with Gasteiger partial charge in [0.1, 0.15) is 0 Å². The Labute approximate surface area is 161 Å². The minimum absolute atomic E-state index is 0.266. The van der Waals surface area contributed by atoms with Crippen LogP contribution < -0.4 is 0 Å². The number of fused-ring (bicyclic) bond motifs is 1. The predicted molar refractivity (Wildman–Crippen MR) is 99.4 cm³/mol. The van der Waals surface area contributed by atoms with Gasteiger partial charge in [-0.25, -0.2) is 13.6 Å². The third-order valence-electron chi connectivity index (χ3n) is 5.19. The van der Waals surface area contributed by atoms with E-state index < -0.39 is 24.6 Å². The molecule has 2 aliphatic rings. The molecule has 0 aromatic heterocycles. The van der Waals surface area contributed by atoms with Crippen LogP contribution in [-0.4, -0.2) is 54.1 Å². The molecule has 0 N–H and O–H groups in total. The van der Waals surface area contributed by atoms with E-state index in [1.807, 2.05) is 24.0 Å². The number of ether oxygens (including phenoxy) is 1. The van der Waals surface area contributed by atoms with E-state index in [2.05, 4.69) is 22.0 Å². The zero-order valence-corrected chi connectivity index (χ0v) is 16.6. The second kappa shape index (κ2) is 8.21. The molecule has 0 spiro atoms. The van der Waals surface area contributed by atoms with Crippen LogP contribution in [0.4, 0.5) is 13.6 Å². The quantitative estimate of drug-likeness (QED) is 0.661. The van der Waals surface area contributed by atoms with Gasteiger partial charge in [-0.15, -0.1) is 0 Å². The summed E-state index contributed by atoms with van der Waals surface area (Å²) in [4.78, 5) is 15.0. The second-order valence-electron chi connectivity index (χ2n) is 7.09. The lowest BCUT2D eigenvalue weighted by Gasteiger charge is -2.44. The van der Waals surface area contributed by atoms with Crippen LogP contribution in [0, 0.1) is 0 Å². The van der Waals surface area contributed by atoms with Gasteiger partial charge in [0.15, 0.2) is 0 Å². The summed E-state index contributed by atoms with van der Waals surface area (Å²) < 4.78 is 35.7. The average molecular weight is 431 g/mol. The van der Waals surface area contributed by atoms with Crippen molar-refractivity contribution in [1.82, 2.24) is 9.80 Å². The summed E-state index contributed by atoms with van der Waals surface area (Å²) in [5, 5.41) is 0. The fourth-order valence-corrected chi connectivity index (χ4v) is 4.15. The number of halogens is 3. The van der Waals surface area contributed by atoms with Crippen molar-refractivity contribution in [2.24, 2.45) is 0 Å². The molecule has 1 fully saturated rings. The molecule has 26 heavy (non-hydrogen) atoms. The van der Waals surface area contributed by atoms with E-state index in [4.69, 9.17) is 4.74 Å². The topological polar surface area (TPSA) is 32.8 Å². The van der Waals surface area contributed by atoms with Gasteiger partial charge in [0.05, 0.1) is 19.2 Å². The number of carbonyl (C=O) groups excluding carboxylic acids is 1. The largest absolute Gasteiger partial charge is 0.449 e. The molecule has 0 saturated carbocycles. The van der Waals surface area contributed by atoms with Crippen molar-refractivity contribution in [2.45, 2.75) is 51.1 Å². The van der Waals surface area contributed by atoms with E-state index in [9.17, 15) is 13.6 Å². The van der Waals surface area contributed by atoms with E-state index in [0.717, 1.165) is 34.2 Å². The van der Waals surface area contributed by atoms with Gasteiger partial charge in [0.25, 0.3) is 5.92 Å². The zero-order chi connectivity index (χ0) is 18.7. The maximum absolute atomic E-state index is 14.8. The van der Waals surface area contributed by atoms with Crippen molar-refractivity contribution in [2.75, 3.05) is 26.2 Å². The average Bonchev–Trinajstić information content (AvgIpc) is 2.60. The molecule has 1 aromatic carbocycles. The number of alkyl halides is 2. The van der Waals surface area contributed by atoms with Crippen LogP contribution in [0.25, 0.3) is 0 Å². The van der Waals surface area contributed by atoms with Crippen molar-refractivity contribution < 1.29 is 18.3 Å². The number of unbranched alkanes of at least 4 members (excludes halogenated alkanes) is 1. The molecule has 1 amide bonds. The summed E-state index contributed by atoms with van der Waals surface area (Å²) in [7, 11) is 0. The Morgan fingerprint density at radius 3 is 2.88 bits per heavy atom. The number of rotatable bonds is 4. The van der Waals surface area contributed by atoms with Gasteiger partial charge in [-0.1, -0.05) is 35.3 Å². The maximum atomic E-state index is 14.8. The highest BCUT2D eigenvalue weighted by molar-refractivity contribution is 9.10. The Bertz CT molecular complexity index is 656. The third kappa shape index (κ3) is 4.36. The first-order valence-electron chi connectivity index (χ1n) is 9.21. The minimum Gasteiger partial charge on any atom is -0.449 e. The van der Waals surface area contributed by atoms with E-state index in [0.29, 0.717) is 26.2 Å². The van der Waals surface area contributed by atoms with Gasteiger partial charge in [-0.2, -0.15) is 0 Å². The molecule has 1 atom stereocenters. The summed E-state index contributed by atoms with van der Waals surface area (Å²) in [6, 6.07) is 5.19. The lowest BCUT2D eigenvalue weighted by Crippen LogP contribution is -2.60. The summed E-state index contributed by atoms with van der Waals surface area (Å²) in [5.74, 6) is -2.94. The fourth-order valence-electron chi connectivity index (χ4n) is 3.74. The highest BCUT2D eigenvalue weighted by Crippen LogP contribution is 2.34. The number of likely N-dealkylation sites (tertiary alicyclic amines) is 1. The fraction of sp³-hybridized carbons (Fsp3) is 0.632. The smallest absolute Gasteiger partial charge is 0.409 e. The number of nitrogens with zero attached hydrogens (tertiary/aromatic N) is 2. The van der Waals surface area contributed by atoms with Gasteiger partial charge in [0, 0.05) is 24.1 Å². The molecule has 144 valence electrons. The van der Waals surface area contributed by atoms with E-state index in [-0.39, 0.29) is 6.42 Å². The number of piperidine rings is 1. The maximum Gasteiger partial charge on any atom is 0.409 e. The van der Waals surface area contributed by atoms with Crippen molar-refractivity contribution in [3.8, 4) is 0 Å². The van der Waals surface area contributed by atoms with Crippen LogP contribution in [0.1, 0.15) is 37.3 Å². The van der Waals surface area contributed by atoms with Gasteiger partial charge in [-0.05, 0) is 42.5 Å². The Kier molecular flexibility index (Phi) is 6.17. The molecule has 0 aliphatic carbocycles. The SMILES string of the molecule is CCCCOC(=O)N1CCC(N2CCc3cc(Br)ccc3C2)C(F)(F)C1. The summed E-state index contributed by atoms with van der Waals surface area (Å²) >= 11 is 3.46. The van der Waals surface area contributed by atoms with Crippen molar-refractivity contribution in [3.05, 3.63) is 33.8 Å². The number of hydrogen-bond donors (Lipinski definition) is 0. The molecule has 1 aromatic rings. The van der Waals surface area contributed by atoms with Crippen LogP contribution in [0.2, 0.25) is 0 Å². The van der Waals surface area contributed by atoms with Gasteiger partial charge in [-0.3, -0.25) is 4.90 Å². The van der Waals surface area contributed by atoms with Crippen molar-refractivity contribution >= 4 is 22.0 Å². The molecule has 1 unspecified atom stereocenters. The highest BCUT2D eigenvalue weighted by Gasteiger charge is 2.49. The lowest BCUT2D eigenvalue weighted by atomic mass is 9.93. The zero-order valence-electron chi connectivity index (χ0n) is 15.0. The Balaban J connectivity index is 1.62. The molecule has 2 heterocycles. The molecule has 0 radical (unpaired) electrons. The summed E-state index contributed by atoms with van der Waals surface area (Å²) in [5.41, 5.74) is 2.33. The first kappa shape index (κ1) is 19.5. The lowest BCUT2D eigenvalue weighted by molar-refractivity contribution is -0.125. The number of amides is 1. The van der Waals surface area contributed by atoms with Crippen LogP contribution in [0.3, 0.4) is 0 Å². The minimum atomic E-state index is -2.94. The molecule has 3 rings (SSSR count). The molecule has 4 nitrogen and oxygen atoms in total. The monoisotopic (exact) mass is 430 g/mol. The molecule has 2 aliphatic heterocycles. The molecular formula is C19H25BrF2N2O2. The highest BCUT2D eigenvalue weighted by atomic mass is 79.9. The van der Waals surface area contributed by atoms with Crippen molar-refractivity contribution in [3.63, 3.8) is 0 Å². The molecule has 0 bridgehead atoms. The van der Waals surface area contributed by atoms with Gasteiger partial charge < -0.3 is 9.64 Å². The van der Waals surface area contributed by atoms with Crippen LogP contribution >= 0.6 is 15.9 Å². The molecule has 1 saturated heterocycles. The van der Waals surface area contributed by atoms with E-state index in [1.54, 1.807) is 0 Å². The number of benzene rings is 1. The summed E-state index contributed by atoms with van der Waals surface area (Å²) in [6.45, 7) is 3.18. The number of hydrogen-bond acceptors (Lipinski definition) is 3. The Morgan fingerprint density at radius 1 is 1.35 bits per heavy atom. The standard InChI is InChI=1S/C19H25BrF2N2O2/c1-2-3-10-26-18(25)24-9-7-17(19(21,22)13-24)23-8-6-14-11-16(20)5-4-15(14)12-23/h4-5,11,17H,2-3,6-10,12-13H2,1H3. The normalized spacial score (nSPS) is 22.8. The Morgan fingerprint density at radius 2 is 2.15 bits per heavy atom. The number of carbonyl (C=O) groups is 1. The van der Waals surface area contributed by atoms with Crippen LogP contribution in [0.15, 0.2) is 22.7 Å². The Hall–Kier alpha value is -1.21.